The van der Waals surface area contributed by atoms with Crippen LogP contribution in [0.3, 0.4) is 0 Å². The molecule has 0 aromatic carbocycles. The number of cyclic esters (lactones) is 1. The van der Waals surface area contributed by atoms with E-state index in [1.807, 2.05) is 6.92 Å². The van der Waals surface area contributed by atoms with Crippen LogP contribution in [0.4, 0.5) is 0 Å². The number of hydrogen-bond donors (Lipinski definition) is 0. The maximum absolute atomic E-state index is 10.7. The van der Waals surface area contributed by atoms with Gasteiger partial charge in [0.15, 0.2) is 0 Å². The van der Waals surface area contributed by atoms with E-state index in [2.05, 4.69) is 6.58 Å². The molecule has 0 spiro atoms. The summed E-state index contributed by atoms with van der Waals surface area (Å²) >= 11 is 0. The fraction of sp³-hybridized carbons (Fsp3) is 0.444. The summed E-state index contributed by atoms with van der Waals surface area (Å²) in [7, 11) is 1.56. The van der Waals surface area contributed by atoms with Crippen molar-refractivity contribution in [3.8, 4) is 0 Å². The zero-order valence-electron chi connectivity index (χ0n) is 7.35. The van der Waals surface area contributed by atoms with Crippen LogP contribution in [0.15, 0.2) is 23.5 Å². The Labute approximate surface area is 71.7 Å². The predicted octanol–water partition coefficient (Wildman–Crippen LogP) is 1.41. The summed E-state index contributed by atoms with van der Waals surface area (Å²) in [6.45, 7) is 5.96. The van der Waals surface area contributed by atoms with Gasteiger partial charge in [-0.1, -0.05) is 6.58 Å². The second-order valence-corrected chi connectivity index (χ2v) is 2.69. The molecule has 0 saturated carbocycles. The van der Waals surface area contributed by atoms with Crippen LogP contribution >= 0.6 is 0 Å². The molecule has 66 valence electrons. The highest BCUT2D eigenvalue weighted by Gasteiger charge is 2.19. The van der Waals surface area contributed by atoms with Gasteiger partial charge in [-0.15, -0.1) is 0 Å². The van der Waals surface area contributed by atoms with Crippen LogP contribution in [0.2, 0.25) is 0 Å². The molecule has 1 fully saturated rings. The molecule has 0 atom stereocenters. The molecule has 1 saturated heterocycles. The van der Waals surface area contributed by atoms with Crippen molar-refractivity contribution in [1.29, 1.82) is 0 Å². The molecule has 1 heterocycles. The summed E-state index contributed by atoms with van der Waals surface area (Å²) in [4.78, 5) is 10.7. The summed E-state index contributed by atoms with van der Waals surface area (Å²) in [5, 5.41) is 0. The highest BCUT2D eigenvalue weighted by atomic mass is 16.5. The monoisotopic (exact) mass is 168 g/mol. The van der Waals surface area contributed by atoms with Crippen molar-refractivity contribution in [2.24, 2.45) is 0 Å². The van der Waals surface area contributed by atoms with Crippen molar-refractivity contribution in [1.82, 2.24) is 0 Å². The van der Waals surface area contributed by atoms with Gasteiger partial charge in [0.25, 0.3) is 0 Å². The van der Waals surface area contributed by atoms with E-state index in [0.29, 0.717) is 18.8 Å². The lowest BCUT2D eigenvalue weighted by molar-refractivity contribution is -0.137. The second-order valence-electron chi connectivity index (χ2n) is 2.69. The van der Waals surface area contributed by atoms with Crippen molar-refractivity contribution < 1.29 is 14.3 Å². The summed E-state index contributed by atoms with van der Waals surface area (Å²) in [6.07, 6.45) is 0.369. The van der Waals surface area contributed by atoms with Crippen LogP contribution in [0, 0.1) is 0 Å². The van der Waals surface area contributed by atoms with Crippen LogP contribution in [0.5, 0.6) is 0 Å². The molecule has 0 N–H and O–H groups in total. The molecule has 0 aromatic rings. The molecule has 1 aliphatic rings. The second kappa shape index (κ2) is 3.43. The van der Waals surface area contributed by atoms with Gasteiger partial charge >= 0.3 is 5.97 Å². The van der Waals surface area contributed by atoms with Gasteiger partial charge < -0.3 is 9.47 Å². The van der Waals surface area contributed by atoms with E-state index in [-0.39, 0.29) is 5.97 Å². The molecule has 0 aromatic heterocycles. The normalized spacial score (nSPS) is 20.3. The third-order valence-electron chi connectivity index (χ3n) is 1.96. The van der Waals surface area contributed by atoms with E-state index in [9.17, 15) is 4.79 Å². The first kappa shape index (κ1) is 8.84. The van der Waals surface area contributed by atoms with Gasteiger partial charge in [-0.25, -0.2) is 0 Å². The quantitative estimate of drug-likeness (QED) is 0.462. The first-order valence-electron chi connectivity index (χ1n) is 3.72. The lowest BCUT2D eigenvalue weighted by atomic mass is 10.1. The summed E-state index contributed by atoms with van der Waals surface area (Å²) in [5.41, 5.74) is 1.88. The van der Waals surface area contributed by atoms with Gasteiger partial charge in [0.05, 0.1) is 13.5 Å². The van der Waals surface area contributed by atoms with Crippen LogP contribution in [0.25, 0.3) is 0 Å². The summed E-state index contributed by atoms with van der Waals surface area (Å²) in [5.74, 6) is 0.427. The molecule has 0 unspecified atom stereocenters. The van der Waals surface area contributed by atoms with E-state index in [0.717, 1.165) is 11.1 Å². The molecule has 12 heavy (non-hydrogen) atoms. The standard InChI is InChI=1S/C9H12O3/c1-6(7(2)11-3)8-4-9(10)12-5-8/h2,4-5H2,1,3H3/b8-6+. The predicted molar refractivity (Wildman–Crippen MR) is 44.4 cm³/mol. The van der Waals surface area contributed by atoms with Crippen LogP contribution in [-0.4, -0.2) is 19.7 Å². The Kier molecular flexibility index (Phi) is 2.53. The Balaban J connectivity index is 2.77. The number of ether oxygens (including phenoxy) is 2. The minimum atomic E-state index is -0.173. The van der Waals surface area contributed by atoms with Crippen molar-refractivity contribution in [2.45, 2.75) is 13.3 Å². The molecular weight excluding hydrogens is 156 g/mol. The molecule has 0 bridgehead atoms. The maximum atomic E-state index is 10.7. The van der Waals surface area contributed by atoms with E-state index in [1.54, 1.807) is 7.11 Å². The Hall–Kier alpha value is -1.25. The Bertz CT molecular complexity index is 250. The molecule has 3 nitrogen and oxygen atoms in total. The van der Waals surface area contributed by atoms with E-state index >= 15 is 0 Å². The number of carbonyl (C=O) groups excluding carboxylic acids is 1. The van der Waals surface area contributed by atoms with Crippen LogP contribution in [0.1, 0.15) is 13.3 Å². The number of hydrogen-bond acceptors (Lipinski definition) is 3. The van der Waals surface area contributed by atoms with Gasteiger partial charge in [0, 0.05) is 0 Å². The van der Waals surface area contributed by atoms with Crippen molar-refractivity contribution >= 4 is 5.97 Å². The van der Waals surface area contributed by atoms with Gasteiger partial charge in [-0.3, -0.25) is 4.79 Å². The lowest BCUT2D eigenvalue weighted by Crippen LogP contribution is -1.93. The van der Waals surface area contributed by atoms with E-state index in [4.69, 9.17) is 9.47 Å². The number of allylic oxidation sites excluding steroid dienone is 1. The Morgan fingerprint density at radius 2 is 2.33 bits per heavy atom. The number of methoxy groups -OCH3 is 1. The van der Waals surface area contributed by atoms with Gasteiger partial charge in [0.1, 0.15) is 12.4 Å². The average Bonchev–Trinajstić information content (AvgIpc) is 2.49. The Morgan fingerprint density at radius 3 is 2.75 bits per heavy atom. The number of esters is 1. The van der Waals surface area contributed by atoms with Gasteiger partial charge in [-0.2, -0.15) is 0 Å². The summed E-state index contributed by atoms with van der Waals surface area (Å²) < 4.78 is 9.73. The highest BCUT2D eigenvalue weighted by molar-refractivity contribution is 5.76. The molecule has 0 amide bonds. The third-order valence-corrected chi connectivity index (χ3v) is 1.96. The fourth-order valence-electron chi connectivity index (χ4n) is 1.03. The van der Waals surface area contributed by atoms with Crippen LogP contribution < -0.4 is 0 Å². The molecule has 0 radical (unpaired) electrons. The zero-order chi connectivity index (χ0) is 9.14. The largest absolute Gasteiger partial charge is 0.497 e. The number of carbonyl (C=O) groups is 1. The number of rotatable bonds is 2. The van der Waals surface area contributed by atoms with E-state index < -0.39 is 0 Å². The lowest BCUT2D eigenvalue weighted by Gasteiger charge is -2.05. The zero-order valence-corrected chi connectivity index (χ0v) is 7.35. The van der Waals surface area contributed by atoms with Gasteiger partial charge in [-0.05, 0) is 18.1 Å². The third kappa shape index (κ3) is 1.67. The molecule has 1 rings (SSSR count). The molecule has 3 heteroatoms. The van der Waals surface area contributed by atoms with Crippen molar-refractivity contribution in [2.75, 3.05) is 13.7 Å². The maximum Gasteiger partial charge on any atom is 0.310 e. The first-order chi connectivity index (χ1) is 5.65. The average molecular weight is 168 g/mol. The Morgan fingerprint density at radius 1 is 1.67 bits per heavy atom. The summed E-state index contributed by atoms with van der Waals surface area (Å²) in [6, 6.07) is 0. The first-order valence-corrected chi connectivity index (χ1v) is 3.72. The minimum Gasteiger partial charge on any atom is -0.497 e. The SMILES string of the molecule is C=C(OC)/C(C)=C1/COC(=O)C1. The molecule has 0 aliphatic carbocycles. The smallest absolute Gasteiger partial charge is 0.310 e. The van der Waals surface area contributed by atoms with Crippen molar-refractivity contribution in [3.05, 3.63) is 23.5 Å². The molecule has 1 aliphatic heterocycles. The fourth-order valence-corrected chi connectivity index (χ4v) is 1.03. The van der Waals surface area contributed by atoms with Crippen LogP contribution in [-0.2, 0) is 14.3 Å². The van der Waals surface area contributed by atoms with Crippen molar-refractivity contribution in [3.63, 3.8) is 0 Å². The minimum absolute atomic E-state index is 0.173. The van der Waals surface area contributed by atoms with E-state index in [1.165, 1.54) is 0 Å². The highest BCUT2D eigenvalue weighted by Crippen LogP contribution is 2.21. The van der Waals surface area contributed by atoms with Gasteiger partial charge in [0.2, 0.25) is 0 Å². The molecular formula is C9H12O3. The topological polar surface area (TPSA) is 35.5 Å².